The van der Waals surface area contributed by atoms with E-state index >= 15 is 0 Å². The predicted molar refractivity (Wildman–Crippen MR) is 76.7 cm³/mol. The molecule has 18 heavy (non-hydrogen) atoms. The Kier molecular flexibility index (Phi) is 4.68. The summed E-state index contributed by atoms with van der Waals surface area (Å²) in [5, 5.41) is 8.98. The summed E-state index contributed by atoms with van der Waals surface area (Å²) in [7, 11) is 0. The smallest absolute Gasteiger partial charge is 0.115 e. The quantitative estimate of drug-likeness (QED) is 0.813. The second kappa shape index (κ2) is 6.26. The van der Waals surface area contributed by atoms with Gasteiger partial charge < -0.3 is 5.11 Å². The van der Waals surface area contributed by atoms with Gasteiger partial charge in [-0.3, -0.25) is 0 Å². The first-order valence-corrected chi connectivity index (χ1v) is 7.47. The standard InChI is InChI=1S/C10H14O.C7H12/c1-2-3-4-9-5-7-10(11)8-6-9;1-5-2-6-4-7(6)3-5/h5-8,11H,2-4H2,1H3;5-7H,2-4H2,1H3. The fourth-order valence-electron chi connectivity index (χ4n) is 3.06. The molecule has 1 aromatic rings. The lowest BCUT2D eigenvalue weighted by atomic mass is 10.1. The summed E-state index contributed by atoms with van der Waals surface area (Å²) in [6.45, 7) is 4.56. The Morgan fingerprint density at radius 1 is 1.06 bits per heavy atom. The van der Waals surface area contributed by atoms with E-state index in [0.29, 0.717) is 5.75 Å². The summed E-state index contributed by atoms with van der Waals surface area (Å²) in [6, 6.07) is 7.44. The Morgan fingerprint density at radius 3 is 2.11 bits per heavy atom. The number of fused-ring (bicyclic) bond motifs is 1. The van der Waals surface area contributed by atoms with E-state index in [2.05, 4.69) is 13.8 Å². The Bertz CT molecular complexity index is 344. The van der Waals surface area contributed by atoms with Crippen LogP contribution in [0.1, 0.15) is 51.5 Å². The average Bonchev–Trinajstić information content (AvgIpc) is 2.97. The van der Waals surface area contributed by atoms with Gasteiger partial charge in [-0.05, 0) is 67.6 Å². The molecule has 1 nitrogen and oxygen atoms in total. The monoisotopic (exact) mass is 246 g/mol. The Labute approximate surface area is 111 Å². The highest BCUT2D eigenvalue weighted by atomic mass is 16.3. The van der Waals surface area contributed by atoms with E-state index in [9.17, 15) is 0 Å². The van der Waals surface area contributed by atoms with E-state index in [1.807, 2.05) is 12.1 Å². The predicted octanol–water partition coefficient (Wildman–Crippen LogP) is 4.79. The number of hydrogen-bond acceptors (Lipinski definition) is 1. The van der Waals surface area contributed by atoms with Crippen LogP contribution in [0.15, 0.2) is 24.3 Å². The molecule has 1 heteroatoms. The van der Waals surface area contributed by atoms with E-state index in [1.165, 1.54) is 30.2 Å². The van der Waals surface area contributed by atoms with Crippen molar-refractivity contribution in [2.75, 3.05) is 0 Å². The van der Waals surface area contributed by atoms with Crippen molar-refractivity contribution in [2.24, 2.45) is 17.8 Å². The van der Waals surface area contributed by atoms with Crippen molar-refractivity contribution in [3.63, 3.8) is 0 Å². The SMILES string of the molecule is CC1CC2CC2C1.CCCCc1ccc(O)cc1. The van der Waals surface area contributed by atoms with Gasteiger partial charge in [-0.2, -0.15) is 0 Å². The molecule has 2 fully saturated rings. The first-order chi connectivity index (χ1) is 8.69. The number of phenols is 1. The second-order valence-electron chi connectivity index (χ2n) is 6.10. The van der Waals surface area contributed by atoms with Crippen molar-refractivity contribution in [3.05, 3.63) is 29.8 Å². The molecule has 0 aliphatic heterocycles. The van der Waals surface area contributed by atoms with Gasteiger partial charge in [0.1, 0.15) is 5.75 Å². The van der Waals surface area contributed by atoms with Gasteiger partial charge in [0.25, 0.3) is 0 Å². The summed E-state index contributed by atoms with van der Waals surface area (Å²) >= 11 is 0. The fourth-order valence-corrected chi connectivity index (χ4v) is 3.06. The fraction of sp³-hybridized carbons (Fsp3) is 0.647. The van der Waals surface area contributed by atoms with Crippen LogP contribution >= 0.6 is 0 Å². The molecule has 0 amide bonds. The van der Waals surface area contributed by atoms with Crippen molar-refractivity contribution in [3.8, 4) is 5.75 Å². The van der Waals surface area contributed by atoms with Gasteiger partial charge in [-0.1, -0.05) is 32.4 Å². The molecule has 0 saturated heterocycles. The first-order valence-electron chi connectivity index (χ1n) is 7.47. The molecule has 0 spiro atoms. The van der Waals surface area contributed by atoms with Crippen LogP contribution in [0.5, 0.6) is 5.75 Å². The van der Waals surface area contributed by atoms with Crippen LogP contribution in [0.2, 0.25) is 0 Å². The summed E-state index contributed by atoms with van der Waals surface area (Å²) in [5.41, 5.74) is 1.31. The molecule has 2 aliphatic carbocycles. The molecule has 0 heterocycles. The van der Waals surface area contributed by atoms with E-state index in [4.69, 9.17) is 5.11 Å². The van der Waals surface area contributed by atoms with Crippen molar-refractivity contribution in [2.45, 2.75) is 52.4 Å². The molecule has 2 aliphatic rings. The highest BCUT2D eigenvalue weighted by Gasteiger charge is 2.43. The molecule has 1 N–H and O–H groups in total. The molecule has 100 valence electrons. The van der Waals surface area contributed by atoms with Crippen LogP contribution in [0, 0.1) is 17.8 Å². The number of hydrogen-bond donors (Lipinski definition) is 1. The summed E-state index contributed by atoms with van der Waals surface area (Å²) in [5.74, 6) is 3.80. The molecule has 0 bridgehead atoms. The van der Waals surface area contributed by atoms with Crippen LogP contribution < -0.4 is 0 Å². The normalized spacial score (nSPS) is 28.2. The lowest BCUT2D eigenvalue weighted by Crippen LogP contribution is -1.86. The third kappa shape index (κ3) is 4.04. The molecule has 3 rings (SSSR count). The summed E-state index contributed by atoms with van der Waals surface area (Å²) < 4.78 is 0. The van der Waals surface area contributed by atoms with Crippen LogP contribution in [-0.4, -0.2) is 5.11 Å². The van der Waals surface area contributed by atoms with Crippen LogP contribution in [0.4, 0.5) is 0 Å². The Hall–Kier alpha value is -0.980. The largest absolute Gasteiger partial charge is 0.508 e. The van der Waals surface area contributed by atoms with Crippen LogP contribution in [0.25, 0.3) is 0 Å². The average molecular weight is 246 g/mol. The number of phenolic OH excluding ortho intramolecular Hbond substituents is 1. The van der Waals surface area contributed by atoms with E-state index < -0.39 is 0 Å². The van der Waals surface area contributed by atoms with Gasteiger partial charge in [0.15, 0.2) is 0 Å². The van der Waals surface area contributed by atoms with Gasteiger partial charge >= 0.3 is 0 Å². The van der Waals surface area contributed by atoms with Gasteiger partial charge in [0.2, 0.25) is 0 Å². The summed E-state index contributed by atoms with van der Waals surface area (Å²) in [4.78, 5) is 0. The van der Waals surface area contributed by atoms with E-state index in [1.54, 1.807) is 31.4 Å². The minimum atomic E-state index is 0.352. The molecule has 2 atom stereocenters. The first kappa shape index (κ1) is 13.5. The highest BCUT2D eigenvalue weighted by molar-refractivity contribution is 5.25. The lowest BCUT2D eigenvalue weighted by Gasteiger charge is -1.98. The molecule has 1 aromatic carbocycles. The zero-order chi connectivity index (χ0) is 13.0. The van der Waals surface area contributed by atoms with Gasteiger partial charge in [0, 0.05) is 0 Å². The van der Waals surface area contributed by atoms with Gasteiger partial charge in [-0.25, -0.2) is 0 Å². The molecule has 2 saturated carbocycles. The third-order valence-corrected chi connectivity index (χ3v) is 4.23. The maximum Gasteiger partial charge on any atom is 0.115 e. The molecular formula is C17H26O. The van der Waals surface area contributed by atoms with Crippen LogP contribution in [-0.2, 0) is 6.42 Å². The second-order valence-corrected chi connectivity index (χ2v) is 6.10. The van der Waals surface area contributed by atoms with Gasteiger partial charge in [0.05, 0.1) is 0 Å². The number of aryl methyl sites for hydroxylation is 1. The van der Waals surface area contributed by atoms with Crippen molar-refractivity contribution in [1.29, 1.82) is 0 Å². The maximum absolute atomic E-state index is 8.98. The number of benzene rings is 1. The minimum Gasteiger partial charge on any atom is -0.508 e. The van der Waals surface area contributed by atoms with E-state index in [-0.39, 0.29) is 0 Å². The summed E-state index contributed by atoms with van der Waals surface area (Å²) in [6.07, 6.45) is 8.24. The number of unbranched alkanes of at least 4 members (excludes halogenated alkanes) is 1. The molecule has 0 aromatic heterocycles. The van der Waals surface area contributed by atoms with Crippen molar-refractivity contribution in [1.82, 2.24) is 0 Å². The molecular weight excluding hydrogens is 220 g/mol. The number of aromatic hydroxyl groups is 1. The zero-order valence-electron chi connectivity index (χ0n) is 11.7. The van der Waals surface area contributed by atoms with Crippen molar-refractivity contribution >= 4 is 0 Å². The third-order valence-electron chi connectivity index (χ3n) is 4.23. The molecule has 2 unspecified atom stereocenters. The molecule has 0 radical (unpaired) electrons. The topological polar surface area (TPSA) is 20.2 Å². The minimum absolute atomic E-state index is 0.352. The van der Waals surface area contributed by atoms with Crippen molar-refractivity contribution < 1.29 is 5.11 Å². The maximum atomic E-state index is 8.98. The Balaban J connectivity index is 0.000000146. The zero-order valence-corrected chi connectivity index (χ0v) is 11.7. The van der Waals surface area contributed by atoms with Crippen LogP contribution in [0.3, 0.4) is 0 Å². The van der Waals surface area contributed by atoms with E-state index in [0.717, 1.165) is 12.3 Å². The lowest BCUT2D eigenvalue weighted by molar-refractivity contribution is 0.475. The number of rotatable bonds is 3. The highest BCUT2D eigenvalue weighted by Crippen LogP contribution is 2.53. The Morgan fingerprint density at radius 2 is 1.67 bits per heavy atom. The van der Waals surface area contributed by atoms with Gasteiger partial charge in [-0.15, -0.1) is 0 Å².